The zero-order valence-electron chi connectivity index (χ0n) is 5.79. The van der Waals surface area contributed by atoms with Crippen LogP contribution in [0.4, 0.5) is 0 Å². The molecule has 64 valence electrons. The molecule has 0 unspecified atom stereocenters. The van der Waals surface area contributed by atoms with E-state index in [4.69, 9.17) is 28.3 Å². The Kier molecular flexibility index (Phi) is 2.83. The lowest BCUT2D eigenvalue weighted by atomic mass is 10.4. The van der Waals surface area contributed by atoms with Crippen molar-refractivity contribution in [1.29, 1.82) is 0 Å². The van der Waals surface area contributed by atoms with Crippen molar-refractivity contribution >= 4 is 29.2 Å². The van der Waals surface area contributed by atoms with Crippen LogP contribution in [0.25, 0.3) is 0 Å². The van der Waals surface area contributed by atoms with Crippen LogP contribution >= 0.6 is 23.2 Å². The van der Waals surface area contributed by atoms with Gasteiger partial charge in [0.05, 0.1) is 11.2 Å². The number of nitrogens with zero attached hydrogens (tertiary/aromatic N) is 2. The molecule has 0 aliphatic carbocycles. The number of hydrogen-bond donors (Lipinski definition) is 1. The van der Waals surface area contributed by atoms with E-state index in [1.807, 2.05) is 0 Å². The highest BCUT2D eigenvalue weighted by Crippen LogP contribution is 2.17. The predicted molar refractivity (Wildman–Crippen MR) is 43.4 cm³/mol. The van der Waals surface area contributed by atoms with Crippen molar-refractivity contribution in [1.82, 2.24) is 9.97 Å². The monoisotopic (exact) mass is 206 g/mol. The predicted octanol–water partition coefficient (Wildman–Crippen LogP) is 1.41. The molecule has 0 aromatic carbocycles. The van der Waals surface area contributed by atoms with Crippen LogP contribution in [-0.2, 0) is 11.2 Å². The Hall–Kier alpha value is -0.870. The van der Waals surface area contributed by atoms with Gasteiger partial charge in [0.2, 0.25) is 0 Å². The number of aliphatic carboxylic acids is 1. The summed E-state index contributed by atoms with van der Waals surface area (Å²) in [6, 6.07) is 0. The van der Waals surface area contributed by atoms with Gasteiger partial charge in [-0.15, -0.1) is 0 Å². The van der Waals surface area contributed by atoms with Crippen LogP contribution in [0.2, 0.25) is 10.2 Å². The zero-order valence-corrected chi connectivity index (χ0v) is 7.30. The third-order valence-electron chi connectivity index (χ3n) is 1.06. The van der Waals surface area contributed by atoms with Gasteiger partial charge in [0.15, 0.2) is 5.15 Å². The molecule has 0 aliphatic rings. The third-order valence-corrected chi connectivity index (χ3v) is 1.72. The average Bonchev–Trinajstić information content (AvgIpc) is 1.96. The first-order valence-corrected chi connectivity index (χ1v) is 3.74. The lowest BCUT2D eigenvalue weighted by Gasteiger charge is -1.96. The van der Waals surface area contributed by atoms with Crippen molar-refractivity contribution in [2.75, 3.05) is 0 Å². The summed E-state index contributed by atoms with van der Waals surface area (Å²) < 4.78 is 0. The number of hydrogen-bond acceptors (Lipinski definition) is 3. The van der Waals surface area contributed by atoms with E-state index in [1.165, 1.54) is 6.20 Å². The second-order valence-corrected chi connectivity index (χ2v) is 2.76. The summed E-state index contributed by atoms with van der Waals surface area (Å²) in [4.78, 5) is 17.5. The van der Waals surface area contributed by atoms with Crippen molar-refractivity contribution < 1.29 is 9.90 Å². The summed E-state index contributed by atoms with van der Waals surface area (Å²) in [7, 11) is 0. The standard InChI is InChI=1S/C6H4Cl2N2O2/c7-3-2-9-4(1-5(11)12)10-6(3)8/h2H,1H2,(H,11,12). The first-order chi connectivity index (χ1) is 5.59. The minimum absolute atomic E-state index is 0.0721. The first kappa shape index (κ1) is 9.22. The van der Waals surface area contributed by atoms with Crippen LogP contribution in [0.15, 0.2) is 6.20 Å². The minimum Gasteiger partial charge on any atom is -0.481 e. The maximum absolute atomic E-state index is 10.2. The van der Waals surface area contributed by atoms with Crippen molar-refractivity contribution in [3.05, 3.63) is 22.2 Å². The van der Waals surface area contributed by atoms with E-state index in [0.717, 1.165) is 0 Å². The van der Waals surface area contributed by atoms with Crippen molar-refractivity contribution in [3.63, 3.8) is 0 Å². The second kappa shape index (κ2) is 3.69. The molecule has 1 aromatic rings. The molecule has 0 aliphatic heterocycles. The molecule has 6 heteroatoms. The van der Waals surface area contributed by atoms with Crippen LogP contribution in [0.5, 0.6) is 0 Å². The van der Waals surface area contributed by atoms with Gasteiger partial charge in [-0.25, -0.2) is 9.97 Å². The molecule has 0 saturated carbocycles. The second-order valence-electron chi connectivity index (χ2n) is 2.00. The molecule has 0 atom stereocenters. The number of aromatic nitrogens is 2. The van der Waals surface area contributed by atoms with Gasteiger partial charge in [0.25, 0.3) is 0 Å². The first-order valence-electron chi connectivity index (χ1n) is 2.98. The van der Waals surface area contributed by atoms with Crippen molar-refractivity contribution in [2.45, 2.75) is 6.42 Å². The molecule has 1 heterocycles. The molecule has 12 heavy (non-hydrogen) atoms. The Balaban J connectivity index is 2.89. The fourth-order valence-electron chi connectivity index (χ4n) is 0.600. The van der Waals surface area contributed by atoms with E-state index >= 15 is 0 Å². The van der Waals surface area contributed by atoms with Gasteiger partial charge in [-0.3, -0.25) is 4.79 Å². The lowest BCUT2D eigenvalue weighted by molar-refractivity contribution is -0.136. The molecule has 0 fully saturated rings. The normalized spacial score (nSPS) is 9.83. The zero-order chi connectivity index (χ0) is 9.14. The lowest BCUT2D eigenvalue weighted by Crippen LogP contribution is -2.04. The van der Waals surface area contributed by atoms with Gasteiger partial charge >= 0.3 is 5.97 Å². The minimum atomic E-state index is -1.01. The molecule has 0 bridgehead atoms. The Labute approximate surface area is 78.2 Å². The molecule has 0 radical (unpaired) electrons. The molecule has 0 spiro atoms. The van der Waals surface area contributed by atoms with Gasteiger partial charge in [0, 0.05) is 0 Å². The highest BCUT2D eigenvalue weighted by Gasteiger charge is 2.06. The van der Waals surface area contributed by atoms with E-state index in [1.54, 1.807) is 0 Å². The molecule has 4 nitrogen and oxygen atoms in total. The molecule has 0 amide bonds. The van der Waals surface area contributed by atoms with Crippen LogP contribution < -0.4 is 0 Å². The number of carboxylic acids is 1. The fraction of sp³-hybridized carbons (Fsp3) is 0.167. The quantitative estimate of drug-likeness (QED) is 0.744. The van der Waals surface area contributed by atoms with Gasteiger partial charge in [0.1, 0.15) is 12.2 Å². The van der Waals surface area contributed by atoms with Gasteiger partial charge < -0.3 is 5.11 Å². The topological polar surface area (TPSA) is 63.1 Å². The summed E-state index contributed by atoms with van der Waals surface area (Å²) in [5.41, 5.74) is 0. The van der Waals surface area contributed by atoms with Gasteiger partial charge in [-0.2, -0.15) is 0 Å². The molecule has 1 N–H and O–H groups in total. The van der Waals surface area contributed by atoms with Gasteiger partial charge in [-0.05, 0) is 0 Å². The van der Waals surface area contributed by atoms with E-state index in [2.05, 4.69) is 9.97 Å². The highest BCUT2D eigenvalue weighted by atomic mass is 35.5. The smallest absolute Gasteiger partial charge is 0.311 e. The highest BCUT2D eigenvalue weighted by molar-refractivity contribution is 6.41. The summed E-state index contributed by atoms with van der Waals surface area (Å²) in [5.74, 6) is -0.856. The number of rotatable bonds is 2. The summed E-state index contributed by atoms with van der Waals surface area (Å²) in [6.07, 6.45) is 1.02. The SMILES string of the molecule is O=C(O)Cc1ncc(Cl)c(Cl)n1. The fourth-order valence-corrected chi connectivity index (χ4v) is 0.838. The molecular weight excluding hydrogens is 203 g/mol. The number of carboxylic acid groups (broad SMARTS) is 1. The maximum atomic E-state index is 10.2. The van der Waals surface area contributed by atoms with E-state index < -0.39 is 5.97 Å². The number of carbonyl (C=O) groups is 1. The molecular formula is C6H4Cl2N2O2. The Morgan fingerprint density at radius 2 is 2.25 bits per heavy atom. The summed E-state index contributed by atoms with van der Waals surface area (Å²) >= 11 is 11.0. The largest absolute Gasteiger partial charge is 0.481 e. The van der Waals surface area contributed by atoms with E-state index in [0.29, 0.717) is 0 Å². The Morgan fingerprint density at radius 3 is 2.75 bits per heavy atom. The van der Waals surface area contributed by atoms with Crippen LogP contribution in [0, 0.1) is 0 Å². The molecule has 1 rings (SSSR count). The Bertz CT molecular complexity index is 316. The summed E-state index contributed by atoms with van der Waals surface area (Å²) in [6.45, 7) is 0. The van der Waals surface area contributed by atoms with Crippen LogP contribution in [0.1, 0.15) is 5.82 Å². The number of halogens is 2. The van der Waals surface area contributed by atoms with Crippen LogP contribution in [-0.4, -0.2) is 21.0 Å². The summed E-state index contributed by atoms with van der Waals surface area (Å²) in [5, 5.41) is 8.66. The average molecular weight is 207 g/mol. The maximum Gasteiger partial charge on any atom is 0.311 e. The van der Waals surface area contributed by atoms with Crippen molar-refractivity contribution in [2.24, 2.45) is 0 Å². The van der Waals surface area contributed by atoms with E-state index in [9.17, 15) is 4.79 Å². The van der Waals surface area contributed by atoms with E-state index in [-0.39, 0.29) is 22.4 Å². The van der Waals surface area contributed by atoms with Crippen molar-refractivity contribution in [3.8, 4) is 0 Å². The van der Waals surface area contributed by atoms with Crippen LogP contribution in [0.3, 0.4) is 0 Å². The Morgan fingerprint density at radius 1 is 1.58 bits per heavy atom. The molecule has 1 aromatic heterocycles. The molecule has 0 saturated heterocycles. The third kappa shape index (κ3) is 2.32. The van der Waals surface area contributed by atoms with Gasteiger partial charge in [-0.1, -0.05) is 23.2 Å².